The third-order valence-electron chi connectivity index (χ3n) is 4.57. The van der Waals surface area contributed by atoms with Crippen LogP contribution in [-0.2, 0) is 20.2 Å². The minimum Gasteiger partial charge on any atom is -0.308 e. The van der Waals surface area contributed by atoms with E-state index in [9.17, 15) is 4.57 Å². The maximum atomic E-state index is 13.2. The molecule has 1 saturated heterocycles. The first kappa shape index (κ1) is 17.6. The molecular weight excluding hydrogens is 321 g/mol. The van der Waals surface area contributed by atoms with Crippen molar-refractivity contribution in [2.75, 3.05) is 19.8 Å². The highest BCUT2D eigenvalue weighted by atomic mass is 31.2. The van der Waals surface area contributed by atoms with Gasteiger partial charge in [0, 0.05) is 6.54 Å². The van der Waals surface area contributed by atoms with Gasteiger partial charge in [0.1, 0.15) is 5.78 Å². The van der Waals surface area contributed by atoms with Gasteiger partial charge in [-0.15, -0.1) is 0 Å². The van der Waals surface area contributed by atoms with Gasteiger partial charge in [0.15, 0.2) is 0 Å². The quantitative estimate of drug-likeness (QED) is 0.659. The van der Waals surface area contributed by atoms with Gasteiger partial charge in [0.25, 0.3) is 0 Å². The smallest absolute Gasteiger partial charge is 0.308 e. The van der Waals surface area contributed by atoms with Crippen molar-refractivity contribution in [2.45, 2.75) is 39.0 Å². The summed E-state index contributed by atoms with van der Waals surface area (Å²) in [6.07, 6.45) is 1.89. The first-order chi connectivity index (χ1) is 11.7. The van der Waals surface area contributed by atoms with Crippen LogP contribution in [0.4, 0.5) is 0 Å². The van der Waals surface area contributed by atoms with Gasteiger partial charge < -0.3 is 9.05 Å². The predicted molar refractivity (Wildman–Crippen MR) is 98.2 cm³/mol. The molecule has 24 heavy (non-hydrogen) atoms. The molecule has 3 rings (SSSR count). The summed E-state index contributed by atoms with van der Waals surface area (Å²) in [4.78, 5) is 2.27. The van der Waals surface area contributed by atoms with Crippen molar-refractivity contribution in [1.82, 2.24) is 4.90 Å². The molecular formula is C19H26NO3P. The number of likely N-dealkylation sites (tertiary alicyclic amines) is 1. The molecule has 5 heteroatoms. The highest BCUT2D eigenvalue weighted by molar-refractivity contribution is 7.54. The van der Waals surface area contributed by atoms with E-state index in [0.717, 1.165) is 25.9 Å². The van der Waals surface area contributed by atoms with E-state index in [-0.39, 0.29) is 5.78 Å². The van der Waals surface area contributed by atoms with Crippen LogP contribution in [0, 0.1) is 0 Å². The van der Waals surface area contributed by atoms with Gasteiger partial charge in [-0.2, -0.15) is 0 Å². The SMILES string of the molecule is CCOP(=O)(OCC)C1CCCN1Cc1cccc2ccccc12. The number of hydrogen-bond donors (Lipinski definition) is 0. The highest BCUT2D eigenvalue weighted by Gasteiger charge is 2.42. The van der Waals surface area contributed by atoms with Gasteiger partial charge in [-0.1, -0.05) is 42.5 Å². The van der Waals surface area contributed by atoms with Crippen LogP contribution in [0.2, 0.25) is 0 Å². The molecule has 1 fully saturated rings. The zero-order chi connectivity index (χ0) is 17.0. The van der Waals surface area contributed by atoms with Gasteiger partial charge in [0.2, 0.25) is 0 Å². The first-order valence-corrected chi connectivity index (χ1v) is 10.4. The second kappa shape index (κ2) is 7.79. The monoisotopic (exact) mass is 347 g/mol. The molecule has 130 valence electrons. The summed E-state index contributed by atoms with van der Waals surface area (Å²) in [5.41, 5.74) is 1.26. The molecule has 1 atom stereocenters. The summed E-state index contributed by atoms with van der Waals surface area (Å²) in [5, 5.41) is 2.50. The van der Waals surface area contributed by atoms with Crippen LogP contribution in [0.1, 0.15) is 32.3 Å². The van der Waals surface area contributed by atoms with Gasteiger partial charge in [-0.05, 0) is 49.6 Å². The lowest BCUT2D eigenvalue weighted by Crippen LogP contribution is -2.30. The Morgan fingerprint density at radius 2 is 1.79 bits per heavy atom. The average Bonchev–Trinajstić information content (AvgIpc) is 3.05. The second-order valence-corrected chi connectivity index (χ2v) is 8.30. The van der Waals surface area contributed by atoms with Crippen LogP contribution in [-0.4, -0.2) is 30.4 Å². The maximum Gasteiger partial charge on any atom is 0.347 e. The molecule has 2 aromatic carbocycles. The van der Waals surface area contributed by atoms with Crippen molar-refractivity contribution >= 4 is 18.4 Å². The van der Waals surface area contributed by atoms with E-state index in [1.54, 1.807) is 0 Å². The Morgan fingerprint density at radius 3 is 2.54 bits per heavy atom. The molecule has 0 aliphatic carbocycles. The number of hydrogen-bond acceptors (Lipinski definition) is 4. The van der Waals surface area contributed by atoms with Crippen LogP contribution in [0.15, 0.2) is 42.5 Å². The second-order valence-electron chi connectivity index (χ2n) is 6.11. The number of benzene rings is 2. The Balaban J connectivity index is 1.86. The average molecular weight is 347 g/mol. The molecule has 4 nitrogen and oxygen atoms in total. The van der Waals surface area contributed by atoms with Crippen molar-refractivity contribution in [2.24, 2.45) is 0 Å². The number of fused-ring (bicyclic) bond motifs is 1. The third-order valence-corrected chi connectivity index (χ3v) is 7.12. The Bertz CT molecular complexity index is 718. The Hall–Kier alpha value is -1.19. The molecule has 0 amide bonds. The van der Waals surface area contributed by atoms with Crippen molar-refractivity contribution in [3.8, 4) is 0 Å². The number of nitrogens with zero attached hydrogens (tertiary/aromatic N) is 1. The molecule has 0 N–H and O–H groups in total. The Morgan fingerprint density at radius 1 is 1.08 bits per heavy atom. The van der Waals surface area contributed by atoms with Crippen LogP contribution in [0.3, 0.4) is 0 Å². The van der Waals surface area contributed by atoms with Crippen LogP contribution < -0.4 is 0 Å². The number of rotatable bonds is 7. The van der Waals surface area contributed by atoms with E-state index in [4.69, 9.17) is 9.05 Å². The van der Waals surface area contributed by atoms with Crippen LogP contribution >= 0.6 is 7.60 Å². The van der Waals surface area contributed by atoms with Crippen molar-refractivity contribution < 1.29 is 13.6 Å². The standard InChI is InChI=1S/C19H26NO3P/c1-3-22-24(21,23-4-2)19-13-8-14-20(19)15-17-11-7-10-16-9-5-6-12-18(16)17/h5-7,9-12,19H,3-4,8,13-15H2,1-2H3. The minimum absolute atomic E-state index is 0.142. The van der Waals surface area contributed by atoms with E-state index >= 15 is 0 Å². The van der Waals surface area contributed by atoms with Crippen LogP contribution in [0.25, 0.3) is 10.8 Å². The lowest BCUT2D eigenvalue weighted by molar-refractivity contribution is 0.179. The summed E-state index contributed by atoms with van der Waals surface area (Å²) < 4.78 is 24.4. The Kier molecular flexibility index (Phi) is 5.72. The van der Waals surface area contributed by atoms with Crippen molar-refractivity contribution in [1.29, 1.82) is 0 Å². The molecule has 0 spiro atoms. The molecule has 0 bridgehead atoms. The van der Waals surface area contributed by atoms with Gasteiger partial charge >= 0.3 is 7.60 Å². The van der Waals surface area contributed by atoms with E-state index < -0.39 is 7.60 Å². The molecule has 2 aromatic rings. The van der Waals surface area contributed by atoms with E-state index in [2.05, 4.69) is 47.4 Å². The van der Waals surface area contributed by atoms with E-state index in [1.165, 1.54) is 16.3 Å². The van der Waals surface area contributed by atoms with Crippen molar-refractivity contribution in [3.63, 3.8) is 0 Å². The summed E-state index contributed by atoms with van der Waals surface area (Å²) in [7, 11) is -3.09. The fourth-order valence-electron chi connectivity index (χ4n) is 3.57. The third kappa shape index (κ3) is 3.57. The topological polar surface area (TPSA) is 38.8 Å². The fourth-order valence-corrected chi connectivity index (χ4v) is 5.80. The van der Waals surface area contributed by atoms with E-state index in [1.807, 2.05) is 13.8 Å². The normalized spacial score (nSPS) is 19.2. The molecule has 1 aliphatic heterocycles. The van der Waals surface area contributed by atoms with Crippen molar-refractivity contribution in [3.05, 3.63) is 48.0 Å². The molecule has 1 unspecified atom stereocenters. The summed E-state index contributed by atoms with van der Waals surface area (Å²) in [5.74, 6) is -0.142. The minimum atomic E-state index is -3.09. The lowest BCUT2D eigenvalue weighted by Gasteiger charge is -2.30. The van der Waals surface area contributed by atoms with Gasteiger partial charge in [-0.3, -0.25) is 9.46 Å². The zero-order valence-electron chi connectivity index (χ0n) is 14.5. The zero-order valence-corrected chi connectivity index (χ0v) is 15.4. The molecule has 0 aromatic heterocycles. The first-order valence-electron chi connectivity index (χ1n) is 8.77. The molecule has 1 aliphatic rings. The Labute approximate surface area is 144 Å². The lowest BCUT2D eigenvalue weighted by atomic mass is 10.0. The predicted octanol–water partition coefficient (Wildman–Crippen LogP) is 5.03. The maximum absolute atomic E-state index is 13.2. The van der Waals surface area contributed by atoms with E-state index in [0.29, 0.717) is 13.2 Å². The molecule has 1 heterocycles. The summed E-state index contributed by atoms with van der Waals surface area (Å²) in [6.45, 7) is 6.27. The summed E-state index contributed by atoms with van der Waals surface area (Å²) >= 11 is 0. The molecule has 0 radical (unpaired) electrons. The van der Waals surface area contributed by atoms with Gasteiger partial charge in [-0.25, -0.2) is 0 Å². The van der Waals surface area contributed by atoms with Crippen LogP contribution in [0.5, 0.6) is 0 Å². The summed E-state index contributed by atoms with van der Waals surface area (Å²) in [6, 6.07) is 14.8. The fraction of sp³-hybridized carbons (Fsp3) is 0.474. The highest BCUT2D eigenvalue weighted by Crippen LogP contribution is 2.57. The largest absolute Gasteiger partial charge is 0.347 e. The molecule has 0 saturated carbocycles. The van der Waals surface area contributed by atoms with Gasteiger partial charge in [0.05, 0.1) is 13.2 Å².